The van der Waals surface area contributed by atoms with Crippen molar-refractivity contribution in [3.05, 3.63) is 71.8 Å². The minimum Gasteiger partial charge on any atom is -0.451 e. The van der Waals surface area contributed by atoms with Crippen LogP contribution in [0, 0.1) is 28.6 Å². The molecule has 0 bridgehead atoms. The van der Waals surface area contributed by atoms with E-state index in [1.807, 2.05) is 17.8 Å². The molecular weight excluding hydrogens is 676 g/mol. The van der Waals surface area contributed by atoms with Crippen molar-refractivity contribution in [2.45, 2.75) is 115 Å². The Morgan fingerprint density at radius 3 is 2.10 bits per heavy atom. The van der Waals surface area contributed by atoms with E-state index in [1.165, 1.54) is 39.2 Å². The Bertz CT molecular complexity index is 1670. The van der Waals surface area contributed by atoms with Crippen molar-refractivity contribution in [1.29, 1.82) is 0 Å². The number of carbonyl (C=O) groups is 3. The predicted octanol–water partition coefficient (Wildman–Crippen LogP) is 10.0. The number of ketones is 2. The first-order valence-electron chi connectivity index (χ1n) is 18.8. The van der Waals surface area contributed by atoms with Gasteiger partial charge in [-0.15, -0.1) is 12.4 Å². The highest BCUT2D eigenvalue weighted by atomic mass is 35.5. The summed E-state index contributed by atoms with van der Waals surface area (Å²) in [5, 5.41) is 0. The number of para-hydroxylation sites is 2. The van der Waals surface area contributed by atoms with Crippen LogP contribution in [0.3, 0.4) is 0 Å². The van der Waals surface area contributed by atoms with Gasteiger partial charge in [0.05, 0.1) is 11.4 Å². The molecule has 0 N–H and O–H groups in total. The summed E-state index contributed by atoms with van der Waals surface area (Å²) in [4.78, 5) is 44.5. The Morgan fingerprint density at radius 1 is 0.941 bits per heavy atom. The zero-order chi connectivity index (χ0) is 36.0. The second-order valence-electron chi connectivity index (χ2n) is 15.8. The molecule has 51 heavy (non-hydrogen) atoms. The van der Waals surface area contributed by atoms with E-state index >= 15 is 0 Å². The summed E-state index contributed by atoms with van der Waals surface area (Å²) >= 11 is 1.88. The van der Waals surface area contributed by atoms with E-state index in [4.69, 9.17) is 4.74 Å². The Hall–Kier alpha value is -2.87. The lowest BCUT2D eigenvalue weighted by atomic mass is 9.47. The van der Waals surface area contributed by atoms with Crippen LogP contribution in [0.4, 0.5) is 11.4 Å². The second kappa shape index (κ2) is 15.2. The molecule has 0 radical (unpaired) electrons. The van der Waals surface area contributed by atoms with Crippen molar-refractivity contribution < 1.29 is 19.1 Å². The summed E-state index contributed by atoms with van der Waals surface area (Å²) in [5.41, 5.74) is 3.83. The first-order chi connectivity index (χ1) is 23.8. The van der Waals surface area contributed by atoms with Gasteiger partial charge in [-0.1, -0.05) is 75.4 Å². The molecule has 0 aromatic heterocycles. The van der Waals surface area contributed by atoms with Crippen LogP contribution in [0.25, 0.3) is 0 Å². The summed E-state index contributed by atoms with van der Waals surface area (Å²) < 4.78 is 5.82. The Labute approximate surface area is 316 Å². The number of nitrogens with zero attached hydrogens (tertiary/aromatic N) is 2. The minimum atomic E-state index is -0.990. The molecule has 2 aromatic carbocycles. The molecule has 7 rings (SSSR count). The maximum absolute atomic E-state index is 12.8. The van der Waals surface area contributed by atoms with E-state index in [-0.39, 0.29) is 40.8 Å². The number of benzene rings is 2. The van der Waals surface area contributed by atoms with E-state index < -0.39 is 5.60 Å². The number of allylic oxidation sites excluding steroid dienone is 4. The fraction of sp³-hybridized carbons (Fsp3) is 0.558. The van der Waals surface area contributed by atoms with Gasteiger partial charge in [0, 0.05) is 41.1 Å². The van der Waals surface area contributed by atoms with Gasteiger partial charge in [0.25, 0.3) is 0 Å². The van der Waals surface area contributed by atoms with Crippen LogP contribution in [0.5, 0.6) is 0 Å². The van der Waals surface area contributed by atoms with Crippen molar-refractivity contribution in [2.24, 2.45) is 28.6 Å². The number of hydrogen-bond donors (Lipinski definition) is 0. The van der Waals surface area contributed by atoms with Gasteiger partial charge >= 0.3 is 5.97 Å². The van der Waals surface area contributed by atoms with Crippen molar-refractivity contribution in [3.8, 4) is 0 Å². The number of Topliss-reactive ketones (excluding diaryl/α,β-unsaturated/α-hetero) is 1. The number of likely N-dealkylation sites (N-methyl/N-ethyl adjacent to an activating group) is 1. The molecule has 6 nitrogen and oxygen atoms in total. The monoisotopic (exact) mass is 732 g/mol. The normalized spacial score (nSPS) is 30.8. The molecule has 4 aliphatic carbocycles. The molecular formula is C43H57ClN2O4S. The maximum Gasteiger partial charge on any atom is 0.303 e. The summed E-state index contributed by atoms with van der Waals surface area (Å²) in [6.07, 6.45) is 9.20. The molecule has 1 aliphatic heterocycles. The predicted molar refractivity (Wildman–Crippen MR) is 210 cm³/mol. The number of rotatable bonds is 7. The van der Waals surface area contributed by atoms with Gasteiger partial charge < -0.3 is 9.64 Å². The Morgan fingerprint density at radius 2 is 1.53 bits per heavy atom. The maximum atomic E-state index is 12.8. The molecule has 0 amide bonds. The topological polar surface area (TPSA) is 66.9 Å². The van der Waals surface area contributed by atoms with E-state index in [2.05, 4.69) is 106 Å². The van der Waals surface area contributed by atoms with Crippen molar-refractivity contribution in [3.63, 3.8) is 0 Å². The summed E-state index contributed by atoms with van der Waals surface area (Å²) in [6.45, 7) is 19.7. The van der Waals surface area contributed by atoms with Gasteiger partial charge in [0.1, 0.15) is 0 Å². The first kappa shape index (κ1) is 39.3. The molecule has 2 aromatic rings. The van der Waals surface area contributed by atoms with Crippen LogP contribution in [0.1, 0.15) is 93.9 Å². The van der Waals surface area contributed by atoms with Gasteiger partial charge in [0.2, 0.25) is 0 Å². The number of halogens is 1. The average Bonchev–Trinajstić information content (AvgIpc) is 3.39. The van der Waals surface area contributed by atoms with Gasteiger partial charge in [-0.05, 0) is 125 Å². The quantitative estimate of drug-likeness (QED) is 0.263. The molecule has 2 fully saturated rings. The second-order valence-corrected chi connectivity index (χ2v) is 16.9. The van der Waals surface area contributed by atoms with Crippen LogP contribution >= 0.6 is 24.2 Å². The van der Waals surface area contributed by atoms with E-state index in [0.717, 1.165) is 45.3 Å². The van der Waals surface area contributed by atoms with Gasteiger partial charge in [-0.25, -0.2) is 0 Å². The SMILES string of the molecule is CC(=O)OC1(C(C)=O)CCC2C3C=C(C)C4=CC(=O)CCC4(C)C3CCC21C.CCN(CC)C(C)CN1c2ccccc2Sc2ccccc21.Cl. The third-order valence-electron chi connectivity index (χ3n) is 13.3. The number of fused-ring (bicyclic) bond motifs is 7. The number of ether oxygens (including phenoxy) is 1. The highest BCUT2D eigenvalue weighted by Gasteiger charge is 2.67. The fourth-order valence-electron chi connectivity index (χ4n) is 10.7. The summed E-state index contributed by atoms with van der Waals surface area (Å²) in [6, 6.07) is 18.0. The molecule has 0 saturated heterocycles. The number of hydrogen-bond acceptors (Lipinski definition) is 7. The zero-order valence-corrected chi connectivity index (χ0v) is 33.4. The lowest BCUT2D eigenvalue weighted by Gasteiger charge is -2.58. The van der Waals surface area contributed by atoms with E-state index in [0.29, 0.717) is 36.6 Å². The number of carbonyl (C=O) groups excluding carboxylic acids is 3. The van der Waals surface area contributed by atoms with Crippen LogP contribution in [-0.4, -0.2) is 53.7 Å². The average molecular weight is 733 g/mol. The molecule has 7 atom stereocenters. The molecule has 1 heterocycles. The molecule has 7 unspecified atom stereocenters. The lowest BCUT2D eigenvalue weighted by Crippen LogP contribution is -2.58. The third kappa shape index (κ3) is 6.76. The smallest absolute Gasteiger partial charge is 0.303 e. The van der Waals surface area contributed by atoms with E-state index in [9.17, 15) is 14.4 Å². The van der Waals surface area contributed by atoms with Crippen molar-refractivity contribution in [2.75, 3.05) is 24.5 Å². The highest BCUT2D eigenvalue weighted by molar-refractivity contribution is 7.99. The van der Waals surface area contributed by atoms with E-state index in [1.54, 1.807) is 6.92 Å². The number of esters is 1. The molecule has 2 saturated carbocycles. The summed E-state index contributed by atoms with van der Waals surface area (Å²) in [7, 11) is 0. The summed E-state index contributed by atoms with van der Waals surface area (Å²) in [5.74, 6) is 1.03. The molecule has 276 valence electrons. The molecule has 0 spiro atoms. The van der Waals surface area contributed by atoms with Gasteiger partial charge in [0.15, 0.2) is 17.2 Å². The fourth-order valence-corrected chi connectivity index (χ4v) is 11.8. The van der Waals surface area contributed by atoms with Crippen molar-refractivity contribution in [1.82, 2.24) is 4.90 Å². The van der Waals surface area contributed by atoms with Crippen LogP contribution in [0.15, 0.2) is 81.6 Å². The number of anilines is 2. The Kier molecular flexibility index (Phi) is 11.8. The minimum absolute atomic E-state index is 0. The van der Waals surface area contributed by atoms with Crippen LogP contribution in [0.2, 0.25) is 0 Å². The first-order valence-corrected chi connectivity index (χ1v) is 19.6. The standard InChI is InChI=1S/C24H32O4.C19H24N2S.ClH/c1-14-12-18-19(22(4)9-6-17(27)13-21(14)22)7-10-23(5)20(18)8-11-24(23,15(2)25)28-16(3)26;1-4-20(5-2)15(3)14-21-16-10-6-8-12-18(16)22-19-13-9-7-11-17(19)21;/h12-13,18-20H,6-11H2,1-5H3;6-13,15H,4-5,14H2,1-3H3;1H. The third-order valence-corrected chi connectivity index (χ3v) is 14.4. The highest BCUT2D eigenvalue weighted by Crippen LogP contribution is 2.68. The Balaban J connectivity index is 0.000000199. The van der Waals surface area contributed by atoms with Gasteiger partial charge in [-0.2, -0.15) is 0 Å². The lowest BCUT2D eigenvalue weighted by molar-refractivity contribution is -0.185. The van der Waals surface area contributed by atoms with Gasteiger partial charge in [-0.3, -0.25) is 19.3 Å². The zero-order valence-electron chi connectivity index (χ0n) is 31.8. The van der Waals surface area contributed by atoms with Crippen LogP contribution < -0.4 is 4.90 Å². The van der Waals surface area contributed by atoms with Crippen molar-refractivity contribution >= 4 is 53.1 Å². The molecule has 5 aliphatic rings. The molecule has 8 heteroatoms. The largest absolute Gasteiger partial charge is 0.451 e. The van der Waals surface area contributed by atoms with Crippen LogP contribution in [-0.2, 0) is 19.1 Å².